The summed E-state index contributed by atoms with van der Waals surface area (Å²) in [5, 5.41) is 11.9. The van der Waals surface area contributed by atoms with Gasteiger partial charge < -0.3 is 19.4 Å². The number of halogens is 1. The average Bonchev–Trinajstić information content (AvgIpc) is 3.53. The number of ketones is 1. The van der Waals surface area contributed by atoms with Gasteiger partial charge >= 0.3 is 0 Å². The number of likely N-dealkylation sites (tertiary alicyclic amines) is 1. The molecule has 1 amide bonds. The smallest absolute Gasteiger partial charge is 0.295 e. The number of hydrogen-bond donors (Lipinski definition) is 2. The van der Waals surface area contributed by atoms with Gasteiger partial charge in [0.05, 0.1) is 11.8 Å². The topological polar surface area (TPSA) is 86.5 Å². The second-order valence-electron chi connectivity index (χ2n) is 7.63. The lowest BCUT2D eigenvalue weighted by Gasteiger charge is -2.23. The Morgan fingerprint density at radius 2 is 1.84 bits per heavy atom. The van der Waals surface area contributed by atoms with Crippen molar-refractivity contribution in [2.75, 3.05) is 6.54 Å². The van der Waals surface area contributed by atoms with Gasteiger partial charge in [0.1, 0.15) is 23.4 Å². The fraction of sp³-hybridized carbons (Fsp3) is 0.120. The maximum atomic E-state index is 13.2. The van der Waals surface area contributed by atoms with Crippen LogP contribution in [0.3, 0.4) is 0 Å². The van der Waals surface area contributed by atoms with Crippen LogP contribution in [0, 0.1) is 5.82 Å². The third-order valence-electron chi connectivity index (χ3n) is 5.75. The van der Waals surface area contributed by atoms with E-state index in [0.717, 1.165) is 16.5 Å². The number of para-hydroxylation sites is 1. The Balaban J connectivity index is 1.57. The Morgan fingerprint density at radius 1 is 1.06 bits per heavy atom. The Labute approximate surface area is 182 Å². The molecule has 0 aliphatic carbocycles. The lowest BCUT2D eigenvalue weighted by Crippen LogP contribution is -2.31. The summed E-state index contributed by atoms with van der Waals surface area (Å²) in [7, 11) is 0. The van der Waals surface area contributed by atoms with Crippen LogP contribution < -0.4 is 0 Å². The number of hydrogen-bond acceptors (Lipinski definition) is 4. The van der Waals surface area contributed by atoms with Crippen molar-refractivity contribution >= 4 is 28.4 Å². The molecule has 3 heterocycles. The summed E-state index contributed by atoms with van der Waals surface area (Å²) in [6, 6.07) is 15.8. The molecule has 1 aliphatic rings. The first-order chi connectivity index (χ1) is 15.5. The van der Waals surface area contributed by atoms with Gasteiger partial charge in [0, 0.05) is 29.2 Å². The molecule has 4 aromatic rings. The van der Waals surface area contributed by atoms with Gasteiger partial charge in [-0.15, -0.1) is 0 Å². The van der Waals surface area contributed by atoms with Gasteiger partial charge in [0.15, 0.2) is 0 Å². The number of Topliss-reactive ketones (excluding diaryl/α,β-unsaturated/α-hetero) is 1. The van der Waals surface area contributed by atoms with Crippen molar-refractivity contribution in [3.63, 3.8) is 0 Å². The fourth-order valence-corrected chi connectivity index (χ4v) is 4.17. The molecule has 2 N–H and O–H groups in total. The molecular formula is C25H19FN2O4. The number of carbonyl (C=O) groups is 2. The van der Waals surface area contributed by atoms with Crippen molar-refractivity contribution < 1.29 is 23.5 Å². The fourth-order valence-electron chi connectivity index (χ4n) is 4.17. The van der Waals surface area contributed by atoms with Crippen LogP contribution in [0.4, 0.5) is 4.39 Å². The second kappa shape index (κ2) is 7.85. The molecule has 0 saturated carbocycles. The second-order valence-corrected chi connectivity index (χ2v) is 7.63. The Bertz CT molecular complexity index is 1340. The van der Waals surface area contributed by atoms with Gasteiger partial charge in [-0.05, 0) is 42.3 Å². The highest BCUT2D eigenvalue weighted by atomic mass is 19.1. The predicted molar refractivity (Wildman–Crippen MR) is 116 cm³/mol. The highest BCUT2D eigenvalue weighted by Gasteiger charge is 2.47. The Morgan fingerprint density at radius 3 is 2.59 bits per heavy atom. The first kappa shape index (κ1) is 19.8. The van der Waals surface area contributed by atoms with Crippen LogP contribution in [0.1, 0.15) is 22.9 Å². The zero-order chi connectivity index (χ0) is 22.2. The number of amides is 1. The van der Waals surface area contributed by atoms with Crippen molar-refractivity contribution in [1.29, 1.82) is 0 Å². The quantitative estimate of drug-likeness (QED) is 0.276. The number of aliphatic hydroxyl groups is 1. The lowest BCUT2D eigenvalue weighted by molar-refractivity contribution is -0.140. The van der Waals surface area contributed by atoms with Crippen molar-refractivity contribution in [3.05, 3.63) is 101 Å². The maximum absolute atomic E-state index is 13.2. The van der Waals surface area contributed by atoms with E-state index in [-0.39, 0.29) is 23.7 Å². The van der Waals surface area contributed by atoms with E-state index < -0.39 is 17.7 Å². The number of H-pyrrole nitrogens is 1. The molecule has 1 unspecified atom stereocenters. The first-order valence-corrected chi connectivity index (χ1v) is 10.2. The predicted octanol–water partition coefficient (Wildman–Crippen LogP) is 4.56. The maximum Gasteiger partial charge on any atom is 0.295 e. The number of aromatic nitrogens is 1. The molecule has 1 aliphatic heterocycles. The van der Waals surface area contributed by atoms with Crippen molar-refractivity contribution in [2.45, 2.75) is 12.5 Å². The van der Waals surface area contributed by atoms with Crippen LogP contribution >= 0.6 is 0 Å². The molecule has 1 fully saturated rings. The number of fused-ring (bicyclic) bond motifs is 1. The minimum Gasteiger partial charge on any atom is -0.507 e. The molecular weight excluding hydrogens is 411 g/mol. The molecule has 0 radical (unpaired) electrons. The molecule has 0 spiro atoms. The summed E-state index contributed by atoms with van der Waals surface area (Å²) in [5.74, 6) is -1.71. The standard InChI is InChI=1S/C25H19FN2O4/c26-16-9-7-15(8-10-16)11-12-28-22(20-6-3-13-32-20)21(24(30)25(28)31)23(29)18-14-27-19-5-2-1-4-17(18)19/h1-10,13-14,22,27,29H,11-12H2/b23-21-. The number of aliphatic hydroxyl groups excluding tert-OH is 1. The number of nitrogens with zero attached hydrogens (tertiary/aromatic N) is 1. The molecule has 160 valence electrons. The van der Waals surface area contributed by atoms with Crippen molar-refractivity contribution in [3.8, 4) is 0 Å². The number of nitrogens with one attached hydrogen (secondary N) is 1. The molecule has 0 bridgehead atoms. The zero-order valence-corrected chi connectivity index (χ0v) is 16.9. The van der Waals surface area contributed by atoms with E-state index in [2.05, 4.69) is 4.98 Å². The average molecular weight is 430 g/mol. The number of rotatable bonds is 5. The molecule has 2 aromatic heterocycles. The van der Waals surface area contributed by atoms with E-state index >= 15 is 0 Å². The molecule has 32 heavy (non-hydrogen) atoms. The Hall–Kier alpha value is -4.13. The van der Waals surface area contributed by atoms with Crippen molar-refractivity contribution in [2.24, 2.45) is 0 Å². The van der Waals surface area contributed by atoms with Crippen molar-refractivity contribution in [1.82, 2.24) is 9.88 Å². The minimum atomic E-state index is -0.862. The SMILES string of the molecule is O=C1C(=O)N(CCc2ccc(F)cc2)C(c2ccco2)/C1=C(/O)c1c[nH]c2ccccc12. The lowest BCUT2D eigenvalue weighted by atomic mass is 9.99. The van der Waals surface area contributed by atoms with E-state index in [1.54, 1.807) is 30.5 Å². The van der Waals surface area contributed by atoms with E-state index in [1.165, 1.54) is 23.3 Å². The van der Waals surface area contributed by atoms with E-state index in [1.807, 2.05) is 24.3 Å². The third-order valence-corrected chi connectivity index (χ3v) is 5.75. The molecule has 2 aromatic carbocycles. The largest absolute Gasteiger partial charge is 0.507 e. The molecule has 5 rings (SSSR count). The van der Waals surface area contributed by atoms with Gasteiger partial charge in [0.2, 0.25) is 0 Å². The highest BCUT2D eigenvalue weighted by molar-refractivity contribution is 6.46. The summed E-state index contributed by atoms with van der Waals surface area (Å²) in [5.41, 5.74) is 2.04. The summed E-state index contributed by atoms with van der Waals surface area (Å²) in [6.45, 7) is 0.201. The monoisotopic (exact) mass is 430 g/mol. The minimum absolute atomic E-state index is 0.0196. The summed E-state index contributed by atoms with van der Waals surface area (Å²) in [4.78, 5) is 30.5. The summed E-state index contributed by atoms with van der Waals surface area (Å²) < 4.78 is 18.8. The van der Waals surface area contributed by atoms with E-state index in [9.17, 15) is 19.1 Å². The number of furan rings is 1. The van der Waals surface area contributed by atoms with Gasteiger partial charge in [-0.3, -0.25) is 9.59 Å². The van der Waals surface area contributed by atoms with Crippen LogP contribution in [0.15, 0.2) is 83.1 Å². The Kier molecular flexibility index (Phi) is 4.86. The zero-order valence-electron chi connectivity index (χ0n) is 16.9. The molecule has 7 heteroatoms. The van der Waals surface area contributed by atoms with E-state index in [4.69, 9.17) is 4.42 Å². The highest BCUT2D eigenvalue weighted by Crippen LogP contribution is 2.40. The normalized spacial score (nSPS) is 18.0. The summed E-state index contributed by atoms with van der Waals surface area (Å²) in [6.07, 6.45) is 3.49. The van der Waals surface area contributed by atoms with E-state index in [0.29, 0.717) is 17.7 Å². The summed E-state index contributed by atoms with van der Waals surface area (Å²) >= 11 is 0. The van der Waals surface area contributed by atoms with Crippen LogP contribution in [-0.2, 0) is 16.0 Å². The van der Waals surface area contributed by atoms with Gasteiger partial charge in [-0.2, -0.15) is 0 Å². The molecule has 1 atom stereocenters. The molecule has 1 saturated heterocycles. The van der Waals surface area contributed by atoms with Gasteiger partial charge in [-0.25, -0.2) is 4.39 Å². The number of carbonyl (C=O) groups excluding carboxylic acids is 2. The van der Waals surface area contributed by atoms with Crippen LogP contribution in [0.5, 0.6) is 0 Å². The number of benzene rings is 2. The van der Waals surface area contributed by atoms with Gasteiger partial charge in [0.25, 0.3) is 11.7 Å². The third kappa shape index (κ3) is 3.28. The first-order valence-electron chi connectivity index (χ1n) is 10.2. The number of aromatic amines is 1. The molecule has 6 nitrogen and oxygen atoms in total. The van der Waals surface area contributed by atoms with Crippen LogP contribution in [0.25, 0.3) is 16.7 Å². The van der Waals surface area contributed by atoms with Crippen LogP contribution in [-0.4, -0.2) is 33.2 Å². The van der Waals surface area contributed by atoms with Gasteiger partial charge in [-0.1, -0.05) is 30.3 Å². The van der Waals surface area contributed by atoms with Crippen LogP contribution in [0.2, 0.25) is 0 Å².